The number of fused-ring (bicyclic) bond motifs is 1. The molecule has 0 unspecified atom stereocenters. The van der Waals surface area contributed by atoms with Gasteiger partial charge < -0.3 is 5.32 Å². The van der Waals surface area contributed by atoms with Crippen LogP contribution in [0.25, 0.3) is 5.65 Å². The molecule has 0 bridgehead atoms. The second kappa shape index (κ2) is 5.69. The summed E-state index contributed by atoms with van der Waals surface area (Å²) in [5.41, 5.74) is 0.785. The zero-order valence-electron chi connectivity index (χ0n) is 9.26. The molecule has 2 heterocycles. The summed E-state index contributed by atoms with van der Waals surface area (Å²) in [5, 5.41) is 11.2. The van der Waals surface area contributed by atoms with Gasteiger partial charge in [-0.05, 0) is 24.9 Å². The van der Waals surface area contributed by atoms with E-state index in [0.29, 0.717) is 0 Å². The molecule has 0 saturated carbocycles. The van der Waals surface area contributed by atoms with Crippen LogP contribution in [-0.2, 0) is 0 Å². The first-order chi connectivity index (χ1) is 7.92. The van der Waals surface area contributed by atoms with Crippen LogP contribution in [0.4, 0.5) is 5.82 Å². The number of thioether (sulfide) groups is 1. The van der Waals surface area contributed by atoms with E-state index in [9.17, 15) is 0 Å². The Morgan fingerprint density at radius 3 is 3.25 bits per heavy atom. The number of unbranched alkanes of at least 4 members (excludes halogenated alkanes) is 1. The van der Waals surface area contributed by atoms with Crippen molar-refractivity contribution in [2.24, 2.45) is 0 Å². The number of nitrogens with zero attached hydrogens (tertiary/aromatic N) is 4. The van der Waals surface area contributed by atoms with Crippen molar-refractivity contribution in [3.05, 3.63) is 18.7 Å². The van der Waals surface area contributed by atoms with Crippen LogP contribution in [0, 0.1) is 0 Å². The summed E-state index contributed by atoms with van der Waals surface area (Å²) in [6.07, 6.45) is 9.78. The quantitative estimate of drug-likeness (QED) is 0.775. The van der Waals surface area contributed by atoms with E-state index >= 15 is 0 Å². The van der Waals surface area contributed by atoms with E-state index in [-0.39, 0.29) is 0 Å². The normalized spacial score (nSPS) is 10.8. The maximum atomic E-state index is 4.26. The third-order valence-electron chi connectivity index (χ3n) is 2.28. The summed E-state index contributed by atoms with van der Waals surface area (Å²) in [6, 6.07) is 0. The molecule has 0 spiro atoms. The van der Waals surface area contributed by atoms with Gasteiger partial charge in [-0.1, -0.05) is 0 Å². The molecule has 0 aromatic carbocycles. The van der Waals surface area contributed by atoms with Crippen molar-refractivity contribution in [1.29, 1.82) is 0 Å². The molecular weight excluding hydrogens is 222 g/mol. The minimum Gasteiger partial charge on any atom is -0.367 e. The first kappa shape index (κ1) is 11.2. The summed E-state index contributed by atoms with van der Waals surface area (Å²) >= 11 is 1.88. The number of rotatable bonds is 6. The number of anilines is 1. The average molecular weight is 237 g/mol. The predicted molar refractivity (Wildman–Crippen MR) is 66.9 cm³/mol. The van der Waals surface area contributed by atoms with Gasteiger partial charge in [0.05, 0.1) is 0 Å². The lowest BCUT2D eigenvalue weighted by atomic mass is 10.3. The minimum absolute atomic E-state index is 0.785. The molecule has 16 heavy (non-hydrogen) atoms. The fourth-order valence-electron chi connectivity index (χ4n) is 1.46. The van der Waals surface area contributed by atoms with Crippen LogP contribution in [0.5, 0.6) is 0 Å². The highest BCUT2D eigenvalue weighted by atomic mass is 32.2. The second-order valence-electron chi connectivity index (χ2n) is 3.46. The monoisotopic (exact) mass is 237 g/mol. The lowest BCUT2D eigenvalue weighted by Gasteiger charge is -2.05. The molecule has 5 nitrogen and oxygen atoms in total. The number of hydrogen-bond acceptors (Lipinski definition) is 5. The van der Waals surface area contributed by atoms with Crippen molar-refractivity contribution in [2.45, 2.75) is 12.8 Å². The average Bonchev–Trinajstić information content (AvgIpc) is 2.77. The predicted octanol–water partition coefficient (Wildman–Crippen LogP) is 1.68. The maximum absolute atomic E-state index is 4.26. The van der Waals surface area contributed by atoms with Gasteiger partial charge in [0, 0.05) is 18.9 Å². The van der Waals surface area contributed by atoms with Crippen LogP contribution >= 0.6 is 11.8 Å². The lowest BCUT2D eigenvalue weighted by Crippen LogP contribution is -2.05. The van der Waals surface area contributed by atoms with Crippen LogP contribution in [0.1, 0.15) is 12.8 Å². The molecule has 86 valence electrons. The van der Waals surface area contributed by atoms with Gasteiger partial charge in [0.2, 0.25) is 5.65 Å². The van der Waals surface area contributed by atoms with Gasteiger partial charge in [-0.2, -0.15) is 11.8 Å². The third-order valence-corrected chi connectivity index (χ3v) is 2.98. The summed E-state index contributed by atoms with van der Waals surface area (Å²) < 4.78 is 1.86. The Morgan fingerprint density at radius 1 is 1.44 bits per heavy atom. The molecule has 0 aliphatic heterocycles. The molecule has 1 N–H and O–H groups in total. The molecule has 0 saturated heterocycles. The van der Waals surface area contributed by atoms with Gasteiger partial charge in [0.1, 0.15) is 6.33 Å². The molecule has 2 aromatic rings. The van der Waals surface area contributed by atoms with Crippen molar-refractivity contribution in [3.8, 4) is 0 Å². The molecule has 0 radical (unpaired) electrons. The van der Waals surface area contributed by atoms with Gasteiger partial charge in [0.15, 0.2) is 5.82 Å². The Kier molecular flexibility index (Phi) is 3.98. The minimum atomic E-state index is 0.785. The third kappa shape index (κ3) is 2.63. The highest BCUT2D eigenvalue weighted by Crippen LogP contribution is 2.09. The van der Waals surface area contributed by atoms with E-state index < -0.39 is 0 Å². The molecule has 2 rings (SSSR count). The van der Waals surface area contributed by atoms with Crippen molar-refractivity contribution in [3.63, 3.8) is 0 Å². The van der Waals surface area contributed by atoms with E-state index in [1.54, 1.807) is 12.5 Å². The van der Waals surface area contributed by atoms with E-state index in [1.165, 1.54) is 12.2 Å². The fraction of sp³-hybridized carbons (Fsp3) is 0.500. The van der Waals surface area contributed by atoms with Crippen LogP contribution in [0.3, 0.4) is 0 Å². The van der Waals surface area contributed by atoms with Crippen molar-refractivity contribution in [1.82, 2.24) is 19.6 Å². The number of hydrogen-bond donors (Lipinski definition) is 1. The molecule has 6 heteroatoms. The zero-order valence-corrected chi connectivity index (χ0v) is 10.1. The zero-order chi connectivity index (χ0) is 11.2. The summed E-state index contributed by atoms with van der Waals surface area (Å²) in [6.45, 7) is 0.931. The van der Waals surface area contributed by atoms with E-state index in [4.69, 9.17) is 0 Å². The number of nitrogens with one attached hydrogen (secondary N) is 1. The Hall–Kier alpha value is -1.30. The van der Waals surface area contributed by atoms with Crippen LogP contribution in [-0.4, -0.2) is 38.1 Å². The van der Waals surface area contributed by atoms with Crippen LogP contribution in [0.15, 0.2) is 18.7 Å². The highest BCUT2D eigenvalue weighted by molar-refractivity contribution is 7.98. The SMILES string of the molecule is CSCCCCNc1nccn2cnnc12. The van der Waals surface area contributed by atoms with Gasteiger partial charge in [-0.25, -0.2) is 4.98 Å². The van der Waals surface area contributed by atoms with Gasteiger partial charge in [-0.3, -0.25) is 4.40 Å². The second-order valence-corrected chi connectivity index (χ2v) is 4.45. The van der Waals surface area contributed by atoms with Crippen molar-refractivity contribution >= 4 is 23.2 Å². The van der Waals surface area contributed by atoms with E-state index in [0.717, 1.165) is 24.4 Å². The number of aromatic nitrogens is 4. The lowest BCUT2D eigenvalue weighted by molar-refractivity contribution is 0.839. The van der Waals surface area contributed by atoms with Crippen LogP contribution < -0.4 is 5.32 Å². The standard InChI is InChI=1S/C10H15N5S/c1-16-7-3-2-4-11-9-10-14-13-8-15(10)6-5-12-9/h5-6,8H,2-4,7H2,1H3,(H,11,12). The molecule has 0 amide bonds. The van der Waals surface area contributed by atoms with Crippen LogP contribution in [0.2, 0.25) is 0 Å². The first-order valence-electron chi connectivity index (χ1n) is 5.29. The smallest absolute Gasteiger partial charge is 0.203 e. The Morgan fingerprint density at radius 2 is 2.38 bits per heavy atom. The van der Waals surface area contributed by atoms with Gasteiger partial charge in [-0.15, -0.1) is 10.2 Å². The van der Waals surface area contributed by atoms with Gasteiger partial charge in [0.25, 0.3) is 0 Å². The Labute approximate surface area is 98.7 Å². The molecular formula is C10H15N5S. The molecule has 0 atom stereocenters. The van der Waals surface area contributed by atoms with Gasteiger partial charge >= 0.3 is 0 Å². The molecule has 0 fully saturated rings. The first-order valence-corrected chi connectivity index (χ1v) is 6.68. The Bertz CT molecular complexity index is 441. The fourth-order valence-corrected chi connectivity index (χ4v) is 1.95. The molecule has 0 aliphatic rings. The summed E-state index contributed by atoms with van der Waals surface area (Å²) in [4.78, 5) is 4.26. The van der Waals surface area contributed by atoms with E-state index in [2.05, 4.69) is 26.8 Å². The van der Waals surface area contributed by atoms with E-state index in [1.807, 2.05) is 22.4 Å². The summed E-state index contributed by atoms with van der Waals surface area (Å²) in [5.74, 6) is 2.02. The Balaban J connectivity index is 1.91. The topological polar surface area (TPSA) is 55.1 Å². The highest BCUT2D eigenvalue weighted by Gasteiger charge is 2.02. The maximum Gasteiger partial charge on any atom is 0.203 e. The van der Waals surface area contributed by atoms with Crippen molar-refractivity contribution in [2.75, 3.05) is 23.9 Å². The summed E-state index contributed by atoms with van der Waals surface area (Å²) in [7, 11) is 0. The molecule has 2 aromatic heterocycles. The van der Waals surface area contributed by atoms with Crippen molar-refractivity contribution < 1.29 is 0 Å². The largest absolute Gasteiger partial charge is 0.367 e. The molecule has 0 aliphatic carbocycles.